The number of piperidine rings is 1. The van der Waals surface area contributed by atoms with Crippen LogP contribution in [0.2, 0.25) is 0 Å². The van der Waals surface area contributed by atoms with E-state index < -0.39 is 0 Å². The molecule has 0 radical (unpaired) electrons. The fourth-order valence-electron chi connectivity index (χ4n) is 3.69. The summed E-state index contributed by atoms with van der Waals surface area (Å²) in [5.41, 5.74) is 7.79. The standard InChI is InChI=1S/C23H25N5O3S/c1-15-25-21(31-27-15)14-32-20-5-3-2-4-19(20)23(30)26-17-6-8-18(9-7-17)28-12-10-16(11-13-28)22(24)29/h2-9,16H,10-14H2,1H3,(H2,24,29)(H,26,30). The molecule has 2 amide bonds. The number of rotatable bonds is 7. The summed E-state index contributed by atoms with van der Waals surface area (Å²) in [5.74, 6) is 1.18. The second-order valence-corrected chi connectivity index (χ2v) is 8.70. The molecule has 3 N–H and O–H groups in total. The van der Waals surface area contributed by atoms with Crippen LogP contribution in [0, 0.1) is 12.8 Å². The summed E-state index contributed by atoms with van der Waals surface area (Å²) in [6.07, 6.45) is 1.54. The van der Waals surface area contributed by atoms with Crippen molar-refractivity contribution in [2.45, 2.75) is 30.4 Å². The first-order valence-corrected chi connectivity index (χ1v) is 11.4. The Kier molecular flexibility index (Phi) is 6.75. The minimum absolute atomic E-state index is 0.0356. The molecule has 8 nitrogen and oxygen atoms in total. The number of nitrogens with zero attached hydrogens (tertiary/aromatic N) is 3. The third-order valence-electron chi connectivity index (χ3n) is 5.44. The molecule has 9 heteroatoms. The fourth-order valence-corrected chi connectivity index (χ4v) is 4.58. The average molecular weight is 452 g/mol. The van der Waals surface area contributed by atoms with Crippen molar-refractivity contribution in [3.05, 3.63) is 65.8 Å². The van der Waals surface area contributed by atoms with Crippen LogP contribution < -0.4 is 16.0 Å². The Morgan fingerprint density at radius 2 is 1.88 bits per heavy atom. The lowest BCUT2D eigenvalue weighted by Gasteiger charge is -2.32. The number of hydrogen-bond donors (Lipinski definition) is 2. The molecular formula is C23H25N5O3S. The van der Waals surface area contributed by atoms with Crippen LogP contribution in [-0.2, 0) is 10.5 Å². The monoisotopic (exact) mass is 451 g/mol. The number of anilines is 2. The molecular weight excluding hydrogens is 426 g/mol. The molecule has 1 aliphatic heterocycles. The number of hydrogen-bond acceptors (Lipinski definition) is 7. The molecule has 1 fully saturated rings. The second kappa shape index (κ2) is 9.86. The maximum absolute atomic E-state index is 12.9. The Hall–Kier alpha value is -3.33. The van der Waals surface area contributed by atoms with Crippen molar-refractivity contribution in [1.82, 2.24) is 10.1 Å². The summed E-state index contributed by atoms with van der Waals surface area (Å²) in [4.78, 5) is 31.5. The third-order valence-corrected chi connectivity index (χ3v) is 6.50. The minimum atomic E-state index is -0.214. The van der Waals surface area contributed by atoms with Gasteiger partial charge in [0.15, 0.2) is 5.82 Å². The van der Waals surface area contributed by atoms with Gasteiger partial charge in [0.25, 0.3) is 5.91 Å². The van der Waals surface area contributed by atoms with E-state index in [0.717, 1.165) is 42.2 Å². The van der Waals surface area contributed by atoms with E-state index in [0.29, 0.717) is 23.0 Å². The molecule has 1 aliphatic rings. The summed E-state index contributed by atoms with van der Waals surface area (Å²) in [6, 6.07) is 15.2. The Labute approximate surface area is 190 Å². The Morgan fingerprint density at radius 1 is 1.16 bits per heavy atom. The number of carbonyl (C=O) groups is 2. The van der Waals surface area contributed by atoms with Crippen molar-refractivity contribution in [3.63, 3.8) is 0 Å². The van der Waals surface area contributed by atoms with Crippen LogP contribution in [0.4, 0.5) is 11.4 Å². The first-order valence-electron chi connectivity index (χ1n) is 10.5. The van der Waals surface area contributed by atoms with Gasteiger partial charge in [0.2, 0.25) is 11.8 Å². The summed E-state index contributed by atoms with van der Waals surface area (Å²) in [5, 5.41) is 6.76. The maximum Gasteiger partial charge on any atom is 0.256 e. The van der Waals surface area contributed by atoms with Crippen LogP contribution in [0.25, 0.3) is 0 Å². The Bertz CT molecular complexity index is 1090. The molecule has 2 heterocycles. The number of thioether (sulfide) groups is 1. The van der Waals surface area contributed by atoms with Gasteiger partial charge in [-0.3, -0.25) is 9.59 Å². The lowest BCUT2D eigenvalue weighted by atomic mass is 9.96. The molecule has 3 aromatic rings. The van der Waals surface area contributed by atoms with Crippen LogP contribution in [-0.4, -0.2) is 35.0 Å². The van der Waals surface area contributed by atoms with Gasteiger partial charge in [0.1, 0.15) is 0 Å². The highest BCUT2D eigenvalue weighted by atomic mass is 32.2. The number of benzene rings is 2. The van der Waals surface area contributed by atoms with Gasteiger partial charge in [0, 0.05) is 35.3 Å². The first-order chi connectivity index (χ1) is 15.5. The van der Waals surface area contributed by atoms with E-state index in [1.807, 2.05) is 42.5 Å². The van der Waals surface area contributed by atoms with Gasteiger partial charge in [-0.15, -0.1) is 11.8 Å². The van der Waals surface area contributed by atoms with E-state index >= 15 is 0 Å². The summed E-state index contributed by atoms with van der Waals surface area (Å²) >= 11 is 1.48. The predicted molar refractivity (Wildman–Crippen MR) is 124 cm³/mol. The van der Waals surface area contributed by atoms with Gasteiger partial charge < -0.3 is 20.5 Å². The van der Waals surface area contributed by atoms with Crippen molar-refractivity contribution in [3.8, 4) is 0 Å². The average Bonchev–Trinajstić information content (AvgIpc) is 3.23. The number of nitrogens with two attached hydrogens (primary N) is 1. The molecule has 1 saturated heterocycles. The van der Waals surface area contributed by atoms with Gasteiger partial charge >= 0.3 is 0 Å². The molecule has 4 rings (SSSR count). The molecule has 0 saturated carbocycles. The third kappa shape index (κ3) is 5.28. The van der Waals surface area contributed by atoms with Crippen LogP contribution >= 0.6 is 11.8 Å². The van der Waals surface area contributed by atoms with Crippen molar-refractivity contribution < 1.29 is 14.1 Å². The highest BCUT2D eigenvalue weighted by Gasteiger charge is 2.23. The molecule has 0 spiro atoms. The van der Waals surface area contributed by atoms with Gasteiger partial charge in [-0.1, -0.05) is 17.3 Å². The van der Waals surface area contributed by atoms with Crippen molar-refractivity contribution in [1.29, 1.82) is 0 Å². The zero-order valence-electron chi connectivity index (χ0n) is 17.8. The smallest absolute Gasteiger partial charge is 0.256 e. The van der Waals surface area contributed by atoms with Crippen LogP contribution in [0.15, 0.2) is 57.9 Å². The molecule has 0 unspecified atom stereocenters. The van der Waals surface area contributed by atoms with Gasteiger partial charge in [0.05, 0.1) is 11.3 Å². The molecule has 0 atom stereocenters. The highest BCUT2D eigenvalue weighted by molar-refractivity contribution is 7.98. The topological polar surface area (TPSA) is 114 Å². The number of primary amides is 1. The summed E-state index contributed by atoms with van der Waals surface area (Å²) < 4.78 is 5.15. The van der Waals surface area contributed by atoms with E-state index in [2.05, 4.69) is 20.4 Å². The van der Waals surface area contributed by atoms with E-state index in [4.69, 9.17) is 10.3 Å². The van der Waals surface area contributed by atoms with E-state index in [1.54, 1.807) is 13.0 Å². The van der Waals surface area contributed by atoms with Crippen molar-refractivity contribution in [2.24, 2.45) is 11.7 Å². The summed E-state index contributed by atoms with van der Waals surface area (Å²) in [7, 11) is 0. The molecule has 2 aromatic carbocycles. The second-order valence-electron chi connectivity index (χ2n) is 7.68. The number of aromatic nitrogens is 2. The predicted octanol–water partition coefficient (Wildman–Crippen LogP) is 3.62. The number of nitrogens with one attached hydrogen (secondary N) is 1. The van der Waals surface area contributed by atoms with E-state index in [9.17, 15) is 9.59 Å². The Morgan fingerprint density at radius 3 is 2.53 bits per heavy atom. The van der Waals surface area contributed by atoms with Crippen molar-refractivity contribution in [2.75, 3.05) is 23.3 Å². The molecule has 0 aliphatic carbocycles. The lowest BCUT2D eigenvalue weighted by molar-refractivity contribution is -0.122. The van der Waals surface area contributed by atoms with Crippen LogP contribution in [0.1, 0.15) is 34.9 Å². The number of carbonyl (C=O) groups excluding carboxylic acids is 2. The number of aryl methyl sites for hydroxylation is 1. The molecule has 0 bridgehead atoms. The lowest BCUT2D eigenvalue weighted by Crippen LogP contribution is -2.38. The van der Waals surface area contributed by atoms with Gasteiger partial charge in [-0.05, 0) is 56.2 Å². The van der Waals surface area contributed by atoms with Gasteiger partial charge in [-0.25, -0.2) is 0 Å². The van der Waals surface area contributed by atoms with Gasteiger partial charge in [-0.2, -0.15) is 4.98 Å². The minimum Gasteiger partial charge on any atom is -0.371 e. The zero-order chi connectivity index (χ0) is 22.5. The van der Waals surface area contributed by atoms with Crippen LogP contribution in [0.5, 0.6) is 0 Å². The van der Waals surface area contributed by atoms with E-state index in [1.165, 1.54) is 11.8 Å². The van der Waals surface area contributed by atoms with Crippen LogP contribution in [0.3, 0.4) is 0 Å². The Balaban J connectivity index is 1.37. The molecule has 1 aromatic heterocycles. The summed E-state index contributed by atoms with van der Waals surface area (Å²) in [6.45, 7) is 3.36. The number of amides is 2. The highest BCUT2D eigenvalue weighted by Crippen LogP contribution is 2.28. The quantitative estimate of drug-likeness (QED) is 0.527. The zero-order valence-corrected chi connectivity index (χ0v) is 18.6. The molecule has 166 valence electrons. The normalized spacial score (nSPS) is 14.3. The largest absolute Gasteiger partial charge is 0.371 e. The first kappa shape index (κ1) is 21.9. The molecule has 32 heavy (non-hydrogen) atoms. The fraction of sp³-hybridized carbons (Fsp3) is 0.304. The van der Waals surface area contributed by atoms with E-state index in [-0.39, 0.29) is 17.7 Å². The van der Waals surface area contributed by atoms with Crippen molar-refractivity contribution >= 4 is 35.0 Å². The maximum atomic E-state index is 12.9. The SMILES string of the molecule is Cc1noc(CSc2ccccc2C(=O)Nc2ccc(N3CCC(C(N)=O)CC3)cc2)n1.